The zero-order valence-electron chi connectivity index (χ0n) is 9.52. The lowest BCUT2D eigenvalue weighted by molar-refractivity contribution is -0.143. The second-order valence-corrected chi connectivity index (χ2v) is 4.71. The normalized spacial score (nSPS) is 14.7. The van der Waals surface area contributed by atoms with Crippen molar-refractivity contribution >= 4 is 33.9 Å². The summed E-state index contributed by atoms with van der Waals surface area (Å²) in [7, 11) is 0. The maximum absolute atomic E-state index is 11.3. The SMILES string of the molecule is O=C(COC(=O)/C=C/c1ccc(Br)o1)NC1CC1. The Balaban J connectivity index is 1.70. The molecule has 0 saturated heterocycles. The van der Waals surface area contributed by atoms with Gasteiger partial charge in [-0.1, -0.05) is 0 Å². The van der Waals surface area contributed by atoms with E-state index in [-0.39, 0.29) is 18.6 Å². The fraction of sp³-hybridized carbons (Fsp3) is 0.333. The summed E-state index contributed by atoms with van der Waals surface area (Å²) in [6.45, 7) is -0.248. The first-order valence-corrected chi connectivity index (χ1v) is 6.32. The number of carbonyl (C=O) groups excluding carboxylic acids is 2. The van der Waals surface area contributed by atoms with Crippen molar-refractivity contribution in [3.8, 4) is 0 Å². The van der Waals surface area contributed by atoms with E-state index in [1.54, 1.807) is 12.1 Å². The standard InChI is InChI=1S/C12H12BrNO4/c13-10-5-3-9(18-10)4-6-12(16)17-7-11(15)14-8-1-2-8/h3-6,8H,1-2,7H2,(H,14,15)/b6-4+. The minimum absolute atomic E-state index is 0.248. The molecule has 1 aliphatic rings. The van der Waals surface area contributed by atoms with Crippen LogP contribution in [-0.2, 0) is 14.3 Å². The highest BCUT2D eigenvalue weighted by molar-refractivity contribution is 9.10. The predicted molar refractivity (Wildman–Crippen MR) is 67.6 cm³/mol. The second-order valence-electron chi connectivity index (χ2n) is 3.92. The molecule has 0 bridgehead atoms. The third-order valence-electron chi connectivity index (χ3n) is 2.27. The minimum atomic E-state index is -0.575. The largest absolute Gasteiger partial charge is 0.452 e. The van der Waals surface area contributed by atoms with E-state index < -0.39 is 5.97 Å². The van der Waals surface area contributed by atoms with Crippen molar-refractivity contribution < 1.29 is 18.7 Å². The van der Waals surface area contributed by atoms with Crippen LogP contribution in [0.15, 0.2) is 27.3 Å². The maximum Gasteiger partial charge on any atom is 0.331 e. The molecule has 6 heteroatoms. The van der Waals surface area contributed by atoms with E-state index in [2.05, 4.69) is 21.2 Å². The van der Waals surface area contributed by atoms with Gasteiger partial charge in [0.05, 0.1) is 0 Å². The van der Waals surface area contributed by atoms with E-state index in [0.717, 1.165) is 12.8 Å². The Morgan fingerprint density at radius 2 is 2.28 bits per heavy atom. The summed E-state index contributed by atoms with van der Waals surface area (Å²) in [4.78, 5) is 22.5. The average Bonchev–Trinajstić information content (AvgIpc) is 3.04. The van der Waals surface area contributed by atoms with Crippen LogP contribution in [0, 0.1) is 0 Å². The smallest absolute Gasteiger partial charge is 0.331 e. The van der Waals surface area contributed by atoms with Crippen molar-refractivity contribution in [2.45, 2.75) is 18.9 Å². The number of amides is 1. The molecule has 96 valence electrons. The molecule has 5 nitrogen and oxygen atoms in total. The maximum atomic E-state index is 11.3. The van der Waals surface area contributed by atoms with Crippen LogP contribution < -0.4 is 5.32 Å². The van der Waals surface area contributed by atoms with Crippen LogP contribution in [0.5, 0.6) is 0 Å². The van der Waals surface area contributed by atoms with Gasteiger partial charge >= 0.3 is 5.97 Å². The van der Waals surface area contributed by atoms with Crippen LogP contribution in [0.1, 0.15) is 18.6 Å². The van der Waals surface area contributed by atoms with Gasteiger partial charge in [0.2, 0.25) is 0 Å². The van der Waals surface area contributed by atoms with Crippen molar-refractivity contribution in [3.05, 3.63) is 28.6 Å². The van der Waals surface area contributed by atoms with Gasteiger partial charge in [-0.05, 0) is 47.0 Å². The van der Waals surface area contributed by atoms with E-state index in [1.165, 1.54) is 12.2 Å². The van der Waals surface area contributed by atoms with Crippen molar-refractivity contribution in [1.82, 2.24) is 5.32 Å². The summed E-state index contributed by atoms with van der Waals surface area (Å²) in [5.74, 6) is -0.310. The summed E-state index contributed by atoms with van der Waals surface area (Å²) in [6, 6.07) is 3.69. The Kier molecular flexibility index (Phi) is 4.19. The Morgan fingerprint density at radius 3 is 2.89 bits per heavy atom. The summed E-state index contributed by atoms with van der Waals surface area (Å²) in [5.41, 5.74) is 0. The molecular formula is C12H12BrNO4. The van der Waals surface area contributed by atoms with E-state index in [0.29, 0.717) is 10.4 Å². The molecule has 1 aromatic heterocycles. The van der Waals surface area contributed by atoms with Gasteiger partial charge in [0.1, 0.15) is 5.76 Å². The fourth-order valence-corrected chi connectivity index (χ4v) is 1.57. The zero-order chi connectivity index (χ0) is 13.0. The lowest BCUT2D eigenvalue weighted by atomic mass is 10.4. The first-order valence-electron chi connectivity index (χ1n) is 5.53. The number of esters is 1. The van der Waals surface area contributed by atoms with Crippen LogP contribution in [0.4, 0.5) is 0 Å². The second kappa shape index (κ2) is 5.86. The van der Waals surface area contributed by atoms with Gasteiger partial charge in [0.15, 0.2) is 11.3 Å². The van der Waals surface area contributed by atoms with Gasteiger partial charge in [-0.3, -0.25) is 4.79 Å². The van der Waals surface area contributed by atoms with Crippen molar-refractivity contribution in [2.24, 2.45) is 0 Å². The molecule has 18 heavy (non-hydrogen) atoms. The molecule has 1 fully saturated rings. The quantitative estimate of drug-likeness (QED) is 0.665. The number of hydrogen-bond donors (Lipinski definition) is 1. The van der Waals surface area contributed by atoms with Gasteiger partial charge in [-0.25, -0.2) is 4.79 Å². The molecule has 1 aromatic rings. The summed E-state index contributed by atoms with van der Waals surface area (Å²) >= 11 is 3.15. The summed E-state index contributed by atoms with van der Waals surface area (Å²) in [5, 5.41) is 2.72. The first kappa shape index (κ1) is 12.9. The topological polar surface area (TPSA) is 68.5 Å². The molecule has 1 heterocycles. The van der Waals surface area contributed by atoms with E-state index in [9.17, 15) is 9.59 Å². The minimum Gasteiger partial charge on any atom is -0.452 e. The highest BCUT2D eigenvalue weighted by Crippen LogP contribution is 2.18. The molecule has 0 atom stereocenters. The van der Waals surface area contributed by atoms with Gasteiger partial charge in [0, 0.05) is 12.1 Å². The number of hydrogen-bond acceptors (Lipinski definition) is 4. The van der Waals surface area contributed by atoms with E-state index >= 15 is 0 Å². The molecule has 1 aliphatic carbocycles. The third-order valence-corrected chi connectivity index (χ3v) is 2.69. The van der Waals surface area contributed by atoms with Crippen LogP contribution in [-0.4, -0.2) is 24.5 Å². The van der Waals surface area contributed by atoms with Crippen molar-refractivity contribution in [3.63, 3.8) is 0 Å². The lowest BCUT2D eigenvalue weighted by Gasteiger charge is -2.02. The molecule has 0 radical (unpaired) electrons. The summed E-state index contributed by atoms with van der Waals surface area (Å²) in [6.07, 6.45) is 4.71. The Hall–Kier alpha value is -1.56. The van der Waals surface area contributed by atoms with Crippen LogP contribution in [0.2, 0.25) is 0 Å². The van der Waals surface area contributed by atoms with Gasteiger partial charge in [-0.2, -0.15) is 0 Å². The van der Waals surface area contributed by atoms with Crippen LogP contribution >= 0.6 is 15.9 Å². The number of furan rings is 1. The zero-order valence-corrected chi connectivity index (χ0v) is 11.1. The molecule has 0 spiro atoms. The number of halogens is 1. The fourth-order valence-electron chi connectivity index (χ4n) is 1.25. The molecule has 0 unspecified atom stereocenters. The van der Waals surface area contributed by atoms with Gasteiger partial charge < -0.3 is 14.5 Å². The van der Waals surface area contributed by atoms with E-state index in [4.69, 9.17) is 9.15 Å². The molecule has 0 aliphatic heterocycles. The van der Waals surface area contributed by atoms with Crippen LogP contribution in [0.3, 0.4) is 0 Å². The van der Waals surface area contributed by atoms with Crippen molar-refractivity contribution in [1.29, 1.82) is 0 Å². The number of rotatable bonds is 5. The highest BCUT2D eigenvalue weighted by atomic mass is 79.9. The number of carbonyl (C=O) groups is 2. The Bertz CT molecular complexity index is 476. The molecule has 1 amide bonds. The van der Waals surface area contributed by atoms with Gasteiger partial charge in [0.25, 0.3) is 5.91 Å². The Labute approximate surface area is 112 Å². The monoisotopic (exact) mass is 313 g/mol. The van der Waals surface area contributed by atoms with Crippen molar-refractivity contribution in [2.75, 3.05) is 6.61 Å². The average molecular weight is 314 g/mol. The third kappa shape index (κ3) is 4.37. The number of nitrogens with one attached hydrogen (secondary N) is 1. The highest BCUT2D eigenvalue weighted by Gasteiger charge is 2.23. The molecule has 1 saturated carbocycles. The van der Waals surface area contributed by atoms with E-state index in [1.807, 2.05) is 0 Å². The molecular weight excluding hydrogens is 302 g/mol. The predicted octanol–water partition coefficient (Wildman–Crippen LogP) is 1.88. The summed E-state index contributed by atoms with van der Waals surface area (Å²) < 4.78 is 10.5. The first-order chi connectivity index (χ1) is 8.63. The lowest BCUT2D eigenvalue weighted by Crippen LogP contribution is -2.30. The molecule has 1 N–H and O–H groups in total. The molecule has 2 rings (SSSR count). The van der Waals surface area contributed by atoms with Crippen LogP contribution in [0.25, 0.3) is 6.08 Å². The van der Waals surface area contributed by atoms with Gasteiger partial charge in [-0.15, -0.1) is 0 Å². The Morgan fingerprint density at radius 1 is 1.50 bits per heavy atom. The number of ether oxygens (including phenoxy) is 1. The molecule has 0 aromatic carbocycles.